The van der Waals surface area contributed by atoms with E-state index in [9.17, 15) is 14.9 Å². The first-order valence-corrected chi connectivity index (χ1v) is 13.5. The first-order chi connectivity index (χ1) is 20.3. The average molecular weight is 571 g/mol. The smallest absolute Gasteiger partial charge is 0.356 e. The van der Waals surface area contributed by atoms with Crippen LogP contribution in [0.4, 0.5) is 10.2 Å². The van der Waals surface area contributed by atoms with Crippen molar-refractivity contribution in [3.8, 4) is 23.3 Å². The van der Waals surface area contributed by atoms with Crippen molar-refractivity contribution in [1.29, 1.82) is 5.26 Å². The number of halogens is 1. The van der Waals surface area contributed by atoms with Crippen molar-refractivity contribution in [3.63, 3.8) is 0 Å². The Morgan fingerprint density at radius 1 is 1.31 bits per heavy atom. The molecule has 4 bridgehead atoms. The van der Waals surface area contributed by atoms with Gasteiger partial charge in [-0.05, 0) is 18.1 Å². The van der Waals surface area contributed by atoms with Gasteiger partial charge in [-0.25, -0.2) is 18.7 Å². The van der Waals surface area contributed by atoms with E-state index in [-0.39, 0.29) is 60.6 Å². The van der Waals surface area contributed by atoms with Crippen LogP contribution in [-0.2, 0) is 11.2 Å². The van der Waals surface area contributed by atoms with Gasteiger partial charge in [0.25, 0.3) is 0 Å². The van der Waals surface area contributed by atoms with Crippen LogP contribution < -0.4 is 15.3 Å². The summed E-state index contributed by atoms with van der Waals surface area (Å²) in [5.41, 5.74) is 0.999. The maximum Gasteiger partial charge on any atom is 0.356 e. The summed E-state index contributed by atoms with van der Waals surface area (Å²) in [6.45, 7) is 8.44. The summed E-state index contributed by atoms with van der Waals surface area (Å²) in [4.78, 5) is 43.4. The summed E-state index contributed by atoms with van der Waals surface area (Å²) < 4.78 is 24.5. The Morgan fingerprint density at radius 2 is 2.14 bits per heavy atom. The fourth-order valence-electron chi connectivity index (χ4n) is 5.43. The van der Waals surface area contributed by atoms with Crippen molar-refractivity contribution in [3.05, 3.63) is 64.9 Å². The number of pyridine rings is 2. The predicted octanol–water partition coefficient (Wildman–Crippen LogP) is 2.07. The van der Waals surface area contributed by atoms with E-state index in [2.05, 4.69) is 37.9 Å². The molecule has 13 nitrogen and oxygen atoms in total. The number of fused-ring (bicyclic) bond motifs is 6. The molecule has 0 radical (unpaired) electrons. The maximum atomic E-state index is 15.8. The van der Waals surface area contributed by atoms with E-state index < -0.39 is 17.5 Å². The molecule has 0 aromatic carbocycles. The SMILES string of the molecule is C=CC(=O)N1CCN(c2nc(=O)n3c4nc(c(F)cc24)-n2cc(nn2)CCOc2ccnc(C(C)C)c2-3)CC1CC#N. The Labute approximate surface area is 239 Å². The highest BCUT2D eigenvalue weighted by molar-refractivity contribution is 5.90. The molecule has 1 atom stereocenters. The lowest BCUT2D eigenvalue weighted by atomic mass is 10.1. The molecular weight excluding hydrogens is 543 g/mol. The van der Waals surface area contributed by atoms with E-state index in [0.29, 0.717) is 35.8 Å². The third-order valence-corrected chi connectivity index (χ3v) is 7.41. The summed E-state index contributed by atoms with van der Waals surface area (Å²) in [5.74, 6) is -0.620. The van der Waals surface area contributed by atoms with Crippen LogP contribution in [0.5, 0.6) is 5.75 Å². The minimum absolute atomic E-state index is 0.0601. The van der Waals surface area contributed by atoms with Crippen LogP contribution in [0.1, 0.15) is 37.6 Å². The molecule has 1 unspecified atom stereocenters. The van der Waals surface area contributed by atoms with Crippen molar-refractivity contribution in [1.82, 2.24) is 39.4 Å². The topological polar surface area (TPSA) is 148 Å². The molecule has 214 valence electrons. The van der Waals surface area contributed by atoms with E-state index in [1.807, 2.05) is 13.8 Å². The van der Waals surface area contributed by atoms with Crippen LogP contribution in [-0.4, -0.2) is 77.6 Å². The van der Waals surface area contributed by atoms with Gasteiger partial charge in [-0.2, -0.15) is 14.9 Å². The van der Waals surface area contributed by atoms with Gasteiger partial charge in [0.1, 0.15) is 17.3 Å². The monoisotopic (exact) mass is 570 g/mol. The number of carbonyl (C=O) groups excluding carboxylic acids is 1. The zero-order chi connectivity index (χ0) is 29.5. The van der Waals surface area contributed by atoms with E-state index >= 15 is 4.39 Å². The first-order valence-electron chi connectivity index (χ1n) is 13.5. The predicted molar refractivity (Wildman–Crippen MR) is 149 cm³/mol. The Hall–Kier alpha value is -5.19. The fourth-order valence-corrected chi connectivity index (χ4v) is 5.43. The zero-order valence-corrected chi connectivity index (χ0v) is 23.1. The van der Waals surface area contributed by atoms with Crippen molar-refractivity contribution in [2.45, 2.75) is 38.6 Å². The molecule has 0 N–H and O–H groups in total. The summed E-state index contributed by atoms with van der Waals surface area (Å²) in [6, 6.07) is 4.58. The fraction of sp³-hybridized carbons (Fsp3) is 0.357. The van der Waals surface area contributed by atoms with Crippen LogP contribution in [0.3, 0.4) is 0 Å². The normalized spacial score (nSPS) is 16.4. The molecule has 42 heavy (non-hydrogen) atoms. The van der Waals surface area contributed by atoms with Crippen molar-refractivity contribution < 1.29 is 13.9 Å². The Kier molecular flexibility index (Phi) is 6.85. The highest BCUT2D eigenvalue weighted by atomic mass is 19.1. The van der Waals surface area contributed by atoms with E-state index in [1.165, 1.54) is 21.4 Å². The van der Waals surface area contributed by atoms with Gasteiger partial charge in [0, 0.05) is 38.3 Å². The van der Waals surface area contributed by atoms with Crippen molar-refractivity contribution >= 4 is 22.8 Å². The molecule has 1 saturated heterocycles. The van der Waals surface area contributed by atoms with Gasteiger partial charge < -0.3 is 14.5 Å². The number of nitriles is 1. The summed E-state index contributed by atoms with van der Waals surface area (Å²) in [5, 5.41) is 17.9. The second-order valence-corrected chi connectivity index (χ2v) is 10.4. The van der Waals surface area contributed by atoms with Crippen molar-refractivity contribution in [2.75, 3.05) is 31.1 Å². The summed E-state index contributed by atoms with van der Waals surface area (Å²) in [7, 11) is 0. The number of carbonyl (C=O) groups is 1. The number of ether oxygens (including phenoxy) is 1. The second-order valence-electron chi connectivity index (χ2n) is 10.4. The molecule has 0 saturated carbocycles. The molecule has 1 amide bonds. The molecule has 0 aliphatic carbocycles. The van der Waals surface area contributed by atoms with Gasteiger partial charge in [0.05, 0.1) is 48.1 Å². The molecule has 14 heteroatoms. The number of piperazine rings is 1. The van der Waals surface area contributed by atoms with Crippen LogP contribution in [0.2, 0.25) is 0 Å². The minimum Gasteiger partial charge on any atom is -0.491 e. The number of anilines is 1. The largest absolute Gasteiger partial charge is 0.491 e. The first kappa shape index (κ1) is 27.0. The van der Waals surface area contributed by atoms with Gasteiger partial charge in [-0.3, -0.25) is 9.78 Å². The molecule has 6 heterocycles. The number of hydrogen-bond acceptors (Lipinski definition) is 10. The second kappa shape index (κ2) is 10.7. The molecule has 0 spiro atoms. The average Bonchev–Trinajstić information content (AvgIpc) is 3.45. The summed E-state index contributed by atoms with van der Waals surface area (Å²) in [6.07, 6.45) is 4.85. The van der Waals surface area contributed by atoms with Gasteiger partial charge >= 0.3 is 5.69 Å². The molecule has 6 rings (SSSR count). The van der Waals surface area contributed by atoms with E-state index in [1.54, 1.807) is 28.3 Å². The summed E-state index contributed by atoms with van der Waals surface area (Å²) >= 11 is 0. The van der Waals surface area contributed by atoms with Gasteiger partial charge in [0.15, 0.2) is 17.3 Å². The standard InChI is InChI=1S/C28H27FN10O3/c1-4-22(40)37-11-10-36(15-18(37)5-8-30)25-19-13-20(29)27-32-26(19)39(28(41)33-25)24-21(6-9-31-23(24)16(2)3)42-12-7-17-14-38(27)35-34-17/h4,6,9,13-14,16,18H,1,5,7,10-12,15H2,2-3H3. The highest BCUT2D eigenvalue weighted by Crippen LogP contribution is 2.34. The highest BCUT2D eigenvalue weighted by Gasteiger charge is 2.32. The van der Waals surface area contributed by atoms with Gasteiger partial charge in [0.2, 0.25) is 5.91 Å². The molecular formula is C28H27FN10O3. The van der Waals surface area contributed by atoms with E-state index in [4.69, 9.17) is 4.74 Å². The number of rotatable bonds is 4. The minimum atomic E-state index is -0.690. The number of nitrogens with zero attached hydrogens (tertiary/aromatic N) is 10. The number of aromatic nitrogens is 7. The van der Waals surface area contributed by atoms with Crippen LogP contribution >= 0.6 is 0 Å². The lowest BCUT2D eigenvalue weighted by Gasteiger charge is -2.41. The van der Waals surface area contributed by atoms with E-state index in [0.717, 1.165) is 0 Å². The quantitative estimate of drug-likeness (QED) is 0.334. The zero-order valence-electron chi connectivity index (χ0n) is 23.1. The number of hydrogen-bond donors (Lipinski definition) is 0. The van der Waals surface area contributed by atoms with Gasteiger partial charge in [-0.1, -0.05) is 25.6 Å². The van der Waals surface area contributed by atoms with Crippen LogP contribution in [0.25, 0.3) is 22.5 Å². The molecule has 4 aromatic rings. The number of amides is 1. The van der Waals surface area contributed by atoms with Crippen LogP contribution in [0, 0.1) is 17.1 Å². The Morgan fingerprint density at radius 3 is 2.90 bits per heavy atom. The molecule has 2 aliphatic rings. The van der Waals surface area contributed by atoms with Gasteiger partial charge in [-0.15, -0.1) is 5.10 Å². The van der Waals surface area contributed by atoms with Crippen LogP contribution in [0.15, 0.2) is 42.0 Å². The molecule has 2 aliphatic heterocycles. The molecule has 4 aromatic heterocycles. The lowest BCUT2D eigenvalue weighted by molar-refractivity contribution is -0.128. The lowest BCUT2D eigenvalue weighted by Crippen LogP contribution is -2.55. The van der Waals surface area contributed by atoms with Crippen molar-refractivity contribution in [2.24, 2.45) is 0 Å². The maximum absolute atomic E-state index is 15.8. The third-order valence-electron chi connectivity index (χ3n) is 7.41. The Bertz CT molecular complexity index is 1830. The third kappa shape index (κ3) is 4.52. The Balaban J connectivity index is 1.62. The molecule has 1 fully saturated rings.